The van der Waals surface area contributed by atoms with Crippen molar-refractivity contribution in [3.8, 4) is 11.8 Å². The molecule has 6 heteroatoms. The first-order chi connectivity index (χ1) is 14.3. The van der Waals surface area contributed by atoms with Crippen molar-refractivity contribution in [1.82, 2.24) is 9.88 Å². The molecular formula is C24H28ClN3O2. The van der Waals surface area contributed by atoms with E-state index in [0.29, 0.717) is 17.2 Å². The van der Waals surface area contributed by atoms with Gasteiger partial charge in [-0.15, -0.1) is 0 Å². The molecule has 2 saturated carbocycles. The molecule has 2 saturated heterocycles. The van der Waals surface area contributed by atoms with Gasteiger partial charge in [-0.05, 0) is 61.1 Å². The minimum Gasteiger partial charge on any atom is -0.495 e. The number of aromatic nitrogens is 1. The molecule has 2 aromatic rings. The molecule has 3 heterocycles. The van der Waals surface area contributed by atoms with E-state index in [2.05, 4.69) is 29.8 Å². The molecule has 4 fully saturated rings. The average molecular weight is 426 g/mol. The van der Waals surface area contributed by atoms with E-state index in [4.69, 9.17) is 16.3 Å². The van der Waals surface area contributed by atoms with Crippen molar-refractivity contribution < 1.29 is 9.53 Å². The van der Waals surface area contributed by atoms with Gasteiger partial charge in [-0.1, -0.05) is 25.4 Å². The lowest BCUT2D eigenvalue weighted by Gasteiger charge is -2.63. The summed E-state index contributed by atoms with van der Waals surface area (Å²) in [4.78, 5) is 18.9. The fourth-order valence-corrected chi connectivity index (χ4v) is 7.25. The fraction of sp³-hybridized carbons (Fsp3) is 0.583. The highest BCUT2D eigenvalue weighted by Gasteiger charge is 2.60. The number of carbonyl (C=O) groups is 1. The predicted octanol–water partition coefficient (Wildman–Crippen LogP) is 5.40. The zero-order valence-corrected chi connectivity index (χ0v) is 18.6. The number of ether oxygens (including phenoxy) is 1. The van der Waals surface area contributed by atoms with Gasteiger partial charge in [-0.3, -0.25) is 4.79 Å². The number of methoxy groups -OCH3 is 1. The van der Waals surface area contributed by atoms with E-state index < -0.39 is 0 Å². The molecule has 158 valence electrons. The third-order valence-electron chi connectivity index (χ3n) is 7.80. The van der Waals surface area contributed by atoms with Gasteiger partial charge in [-0.2, -0.15) is 5.26 Å². The molecule has 3 atom stereocenters. The highest BCUT2D eigenvalue weighted by molar-refractivity contribution is 6.37. The van der Waals surface area contributed by atoms with Crippen LogP contribution in [0.4, 0.5) is 0 Å². The van der Waals surface area contributed by atoms with E-state index >= 15 is 0 Å². The van der Waals surface area contributed by atoms with Crippen molar-refractivity contribution in [2.24, 2.45) is 10.8 Å². The summed E-state index contributed by atoms with van der Waals surface area (Å²) >= 11 is 6.59. The minimum atomic E-state index is -0.218. The molecule has 1 aromatic carbocycles. The number of rotatable bonds is 4. The maximum absolute atomic E-state index is 13.5. The Morgan fingerprint density at radius 3 is 2.70 bits per heavy atom. The molecule has 3 unspecified atom stereocenters. The number of hydrogen-bond acceptors (Lipinski definition) is 3. The Kier molecular flexibility index (Phi) is 4.38. The summed E-state index contributed by atoms with van der Waals surface area (Å²) in [5, 5.41) is 11.4. The molecule has 0 spiro atoms. The Bertz CT molecular complexity index is 1050. The van der Waals surface area contributed by atoms with Crippen molar-refractivity contribution in [2.45, 2.75) is 70.4 Å². The smallest absolute Gasteiger partial charge is 0.223 e. The number of hydrogen-bond donors (Lipinski definition) is 1. The molecule has 1 N–H and O–H groups in total. The highest BCUT2D eigenvalue weighted by Crippen LogP contribution is 2.61. The number of nitrogens with one attached hydrogen (secondary N) is 1. The van der Waals surface area contributed by atoms with Crippen molar-refractivity contribution in [3.05, 3.63) is 28.9 Å². The monoisotopic (exact) mass is 425 g/mol. The van der Waals surface area contributed by atoms with Crippen LogP contribution in [0.15, 0.2) is 18.3 Å². The van der Waals surface area contributed by atoms with E-state index in [1.54, 1.807) is 7.11 Å². The molecular weight excluding hydrogens is 398 g/mol. The molecule has 0 radical (unpaired) electrons. The number of aromatic amines is 1. The number of fused-ring (bicyclic) bond motifs is 1. The first-order valence-corrected chi connectivity index (χ1v) is 11.2. The van der Waals surface area contributed by atoms with E-state index in [9.17, 15) is 10.1 Å². The number of amides is 1. The van der Waals surface area contributed by atoms with E-state index in [0.717, 1.165) is 48.6 Å². The first-order valence-electron chi connectivity index (χ1n) is 10.8. The Morgan fingerprint density at radius 1 is 1.37 bits per heavy atom. The van der Waals surface area contributed by atoms with Gasteiger partial charge in [-0.25, -0.2) is 0 Å². The minimum absolute atomic E-state index is 0.0357. The van der Waals surface area contributed by atoms with Crippen LogP contribution in [0, 0.1) is 22.2 Å². The van der Waals surface area contributed by atoms with Crippen LogP contribution < -0.4 is 4.74 Å². The SMILES string of the molecule is COc1ccc2[nH]cc(C(C)CC(=O)N3C4CC5(C)CC3CC(C#N)(C4)C5)c2c1Cl. The van der Waals surface area contributed by atoms with Gasteiger partial charge in [0.05, 0.1) is 23.6 Å². The van der Waals surface area contributed by atoms with Crippen molar-refractivity contribution in [3.63, 3.8) is 0 Å². The maximum atomic E-state index is 13.5. The standard InChI is InChI=1S/C24H28ClN3O2/c1-14(17-11-27-18-4-5-19(30-3)22(25)21(17)18)6-20(29)28-15-7-23(2)8-16(28)10-24(9-15,12-23)13-26/h4-5,11,14-16,27H,6-10,12H2,1-3H3. The van der Waals surface area contributed by atoms with Crippen molar-refractivity contribution in [1.29, 1.82) is 5.26 Å². The van der Waals surface area contributed by atoms with Gasteiger partial charge in [0.1, 0.15) is 5.75 Å². The third-order valence-corrected chi connectivity index (χ3v) is 8.17. The lowest BCUT2D eigenvalue weighted by Crippen LogP contribution is -2.65. The topological polar surface area (TPSA) is 69.1 Å². The Labute approximate surface area is 182 Å². The predicted molar refractivity (Wildman–Crippen MR) is 117 cm³/mol. The van der Waals surface area contributed by atoms with Crippen LogP contribution in [0.5, 0.6) is 5.75 Å². The zero-order chi connectivity index (χ0) is 21.3. The number of H-pyrrole nitrogens is 1. The Morgan fingerprint density at radius 2 is 2.07 bits per heavy atom. The lowest BCUT2D eigenvalue weighted by molar-refractivity contribution is -0.163. The fourth-order valence-electron chi connectivity index (χ4n) is 6.90. The van der Waals surface area contributed by atoms with E-state index in [-0.39, 0.29) is 34.7 Å². The lowest BCUT2D eigenvalue weighted by atomic mass is 9.50. The maximum Gasteiger partial charge on any atom is 0.223 e. The first kappa shape index (κ1) is 19.8. The second kappa shape index (κ2) is 6.65. The van der Waals surface area contributed by atoms with E-state index in [1.165, 1.54) is 0 Å². The largest absolute Gasteiger partial charge is 0.495 e. The zero-order valence-electron chi connectivity index (χ0n) is 17.8. The van der Waals surface area contributed by atoms with Gasteiger partial charge in [0.2, 0.25) is 5.91 Å². The molecule has 6 rings (SSSR count). The van der Waals surface area contributed by atoms with E-state index in [1.807, 2.05) is 18.3 Å². The summed E-state index contributed by atoms with van der Waals surface area (Å²) in [6.07, 6.45) is 7.15. The molecule has 5 nitrogen and oxygen atoms in total. The number of piperidine rings is 2. The van der Waals surface area contributed by atoms with Gasteiger partial charge in [0, 0.05) is 35.6 Å². The van der Waals surface area contributed by atoms with Crippen LogP contribution in [-0.4, -0.2) is 35.0 Å². The highest BCUT2D eigenvalue weighted by atomic mass is 35.5. The second-order valence-electron chi connectivity index (χ2n) is 10.2. The summed E-state index contributed by atoms with van der Waals surface area (Å²) in [5.41, 5.74) is 2.00. The summed E-state index contributed by atoms with van der Waals surface area (Å²) in [6.45, 7) is 4.40. The second-order valence-corrected chi connectivity index (χ2v) is 10.5. The van der Waals surface area contributed by atoms with Crippen LogP contribution in [-0.2, 0) is 4.79 Å². The Hall–Kier alpha value is -2.19. The summed E-state index contributed by atoms with van der Waals surface area (Å²) < 4.78 is 5.38. The Balaban J connectivity index is 1.39. The number of nitrogens with zero attached hydrogens (tertiary/aromatic N) is 2. The summed E-state index contributed by atoms with van der Waals surface area (Å²) in [7, 11) is 1.61. The van der Waals surface area contributed by atoms with Crippen LogP contribution in [0.3, 0.4) is 0 Å². The van der Waals surface area contributed by atoms with Gasteiger partial charge < -0.3 is 14.6 Å². The molecule has 4 aliphatic rings. The summed E-state index contributed by atoms with van der Waals surface area (Å²) in [6, 6.07) is 6.86. The average Bonchev–Trinajstić information content (AvgIpc) is 3.12. The number of nitriles is 1. The van der Waals surface area contributed by atoms with Gasteiger partial charge in [0.25, 0.3) is 0 Å². The quantitative estimate of drug-likeness (QED) is 0.713. The molecule has 2 aliphatic carbocycles. The molecule has 1 aromatic heterocycles. The van der Waals surface area contributed by atoms with Crippen LogP contribution >= 0.6 is 11.6 Å². The van der Waals surface area contributed by atoms with Crippen LogP contribution in [0.2, 0.25) is 5.02 Å². The summed E-state index contributed by atoms with van der Waals surface area (Å²) in [5.74, 6) is 0.887. The van der Waals surface area contributed by atoms with Crippen molar-refractivity contribution in [2.75, 3.05) is 7.11 Å². The van der Waals surface area contributed by atoms with Crippen molar-refractivity contribution >= 4 is 28.4 Å². The van der Waals surface area contributed by atoms with Crippen LogP contribution in [0.1, 0.15) is 63.9 Å². The van der Waals surface area contributed by atoms with Gasteiger partial charge >= 0.3 is 0 Å². The number of benzene rings is 1. The van der Waals surface area contributed by atoms with Crippen LogP contribution in [0.25, 0.3) is 10.9 Å². The molecule has 1 amide bonds. The molecule has 2 aliphatic heterocycles. The number of halogens is 1. The van der Waals surface area contributed by atoms with Gasteiger partial charge in [0.15, 0.2) is 0 Å². The normalized spacial score (nSPS) is 33.0. The third kappa shape index (κ3) is 2.84. The molecule has 30 heavy (non-hydrogen) atoms. The number of carbonyl (C=O) groups excluding carboxylic acids is 1. The molecule has 4 bridgehead atoms.